The molecule has 0 spiro atoms. The quantitative estimate of drug-likeness (QED) is 0.802. The van der Waals surface area contributed by atoms with E-state index in [1.54, 1.807) is 6.07 Å². The van der Waals surface area contributed by atoms with Gasteiger partial charge in [-0.05, 0) is 36.8 Å². The molecule has 1 saturated carbocycles. The maximum Gasteiger partial charge on any atom is 0.416 e. The van der Waals surface area contributed by atoms with Gasteiger partial charge in [-0.3, -0.25) is 4.79 Å². The molecule has 0 amide bonds. The van der Waals surface area contributed by atoms with Crippen LogP contribution in [0.25, 0.3) is 0 Å². The lowest BCUT2D eigenvalue weighted by atomic mass is 9.95. The Kier molecular flexibility index (Phi) is 3.97. The van der Waals surface area contributed by atoms with Crippen molar-refractivity contribution in [3.63, 3.8) is 0 Å². The Labute approximate surface area is 110 Å². The van der Waals surface area contributed by atoms with Gasteiger partial charge in [0.25, 0.3) is 0 Å². The molecule has 1 nitrogen and oxygen atoms in total. The molecule has 1 fully saturated rings. The number of carbonyl (C=O) groups excluding carboxylic acids is 1. The Balaban J connectivity index is 2.05. The van der Waals surface area contributed by atoms with Crippen LogP contribution in [0.4, 0.5) is 13.2 Å². The average Bonchev–Trinajstić information content (AvgIpc) is 2.75. The summed E-state index contributed by atoms with van der Waals surface area (Å²) in [6.45, 7) is 2.11. The summed E-state index contributed by atoms with van der Waals surface area (Å²) in [5.41, 5.74) is -0.225. The first-order chi connectivity index (χ1) is 8.86. The Morgan fingerprint density at radius 3 is 2.63 bits per heavy atom. The maximum atomic E-state index is 12.6. The second-order valence-corrected chi connectivity index (χ2v) is 5.46. The smallest absolute Gasteiger partial charge is 0.299 e. The van der Waals surface area contributed by atoms with Gasteiger partial charge in [-0.2, -0.15) is 13.2 Å². The number of Topliss-reactive ketones (excluding diaryl/α,β-unsaturated/α-hetero) is 1. The molecule has 1 aliphatic rings. The van der Waals surface area contributed by atoms with E-state index in [0.29, 0.717) is 11.5 Å². The fourth-order valence-electron chi connectivity index (χ4n) is 2.70. The van der Waals surface area contributed by atoms with E-state index in [0.717, 1.165) is 31.4 Å². The molecule has 2 rings (SSSR count). The molecule has 2 atom stereocenters. The molecule has 0 aliphatic heterocycles. The average molecular weight is 270 g/mol. The minimum absolute atomic E-state index is 0.0320. The molecule has 19 heavy (non-hydrogen) atoms. The Bertz CT molecular complexity index is 465. The minimum Gasteiger partial charge on any atom is -0.299 e. The zero-order chi connectivity index (χ0) is 14.0. The first kappa shape index (κ1) is 14.1. The van der Waals surface area contributed by atoms with Crippen LogP contribution >= 0.6 is 0 Å². The maximum absolute atomic E-state index is 12.6. The van der Waals surface area contributed by atoms with Crippen molar-refractivity contribution in [2.45, 2.75) is 38.8 Å². The number of rotatable bonds is 3. The number of carbonyl (C=O) groups is 1. The van der Waals surface area contributed by atoms with Crippen LogP contribution in [-0.2, 0) is 17.4 Å². The topological polar surface area (TPSA) is 17.1 Å². The molecule has 0 saturated heterocycles. The largest absolute Gasteiger partial charge is 0.416 e. The van der Waals surface area contributed by atoms with Gasteiger partial charge >= 0.3 is 6.18 Å². The van der Waals surface area contributed by atoms with Crippen molar-refractivity contribution in [1.29, 1.82) is 0 Å². The van der Waals surface area contributed by atoms with Crippen LogP contribution in [0.3, 0.4) is 0 Å². The molecule has 1 aromatic rings. The second kappa shape index (κ2) is 5.35. The van der Waals surface area contributed by atoms with E-state index in [2.05, 4.69) is 6.92 Å². The zero-order valence-corrected chi connectivity index (χ0v) is 10.8. The van der Waals surface area contributed by atoms with Crippen molar-refractivity contribution in [3.8, 4) is 0 Å². The van der Waals surface area contributed by atoms with Crippen molar-refractivity contribution in [2.24, 2.45) is 11.8 Å². The number of alkyl halides is 3. The van der Waals surface area contributed by atoms with Gasteiger partial charge < -0.3 is 0 Å². The minimum atomic E-state index is -4.35. The fourth-order valence-corrected chi connectivity index (χ4v) is 2.70. The predicted molar refractivity (Wildman–Crippen MR) is 66.7 cm³/mol. The lowest BCUT2D eigenvalue weighted by molar-refractivity contribution is -0.137. The van der Waals surface area contributed by atoms with Gasteiger partial charge in [-0.1, -0.05) is 25.1 Å². The summed E-state index contributed by atoms with van der Waals surface area (Å²) in [5.74, 6) is 0.656. The van der Waals surface area contributed by atoms with Crippen molar-refractivity contribution in [1.82, 2.24) is 0 Å². The SMILES string of the molecule is CC1CCC(C(=O)Cc2cccc(C(F)(F)F)c2)C1. The molecule has 0 heterocycles. The molecule has 0 bridgehead atoms. The van der Waals surface area contributed by atoms with Crippen LogP contribution in [0.5, 0.6) is 0 Å². The predicted octanol–water partition coefficient (Wildman–Crippen LogP) is 4.25. The van der Waals surface area contributed by atoms with Gasteiger partial charge in [0.1, 0.15) is 5.78 Å². The fraction of sp³-hybridized carbons (Fsp3) is 0.533. The Morgan fingerprint density at radius 1 is 1.32 bits per heavy atom. The van der Waals surface area contributed by atoms with E-state index >= 15 is 0 Å². The number of hydrogen-bond acceptors (Lipinski definition) is 1. The lowest BCUT2D eigenvalue weighted by Gasteiger charge is -2.11. The standard InChI is InChI=1S/C15H17F3O/c1-10-5-6-12(7-10)14(19)9-11-3-2-4-13(8-11)15(16,17)18/h2-4,8,10,12H,5-7,9H2,1H3. The molecule has 1 aromatic carbocycles. The Hall–Kier alpha value is -1.32. The van der Waals surface area contributed by atoms with E-state index in [-0.39, 0.29) is 18.1 Å². The molecule has 4 heteroatoms. The summed E-state index contributed by atoms with van der Waals surface area (Å²) in [6.07, 6.45) is -1.45. The highest BCUT2D eigenvalue weighted by atomic mass is 19.4. The number of hydrogen-bond donors (Lipinski definition) is 0. The molecule has 0 aromatic heterocycles. The molecule has 104 valence electrons. The lowest BCUT2D eigenvalue weighted by Crippen LogP contribution is -2.14. The van der Waals surface area contributed by atoms with Crippen LogP contribution in [0, 0.1) is 11.8 Å². The summed E-state index contributed by atoms with van der Waals surface area (Å²) >= 11 is 0. The monoisotopic (exact) mass is 270 g/mol. The van der Waals surface area contributed by atoms with E-state index in [1.165, 1.54) is 6.07 Å². The van der Waals surface area contributed by atoms with E-state index in [4.69, 9.17) is 0 Å². The molecule has 0 N–H and O–H groups in total. The second-order valence-electron chi connectivity index (χ2n) is 5.46. The summed E-state index contributed by atoms with van der Waals surface area (Å²) in [6, 6.07) is 5.07. The van der Waals surface area contributed by atoms with Crippen LogP contribution < -0.4 is 0 Å². The third kappa shape index (κ3) is 3.58. The summed E-state index contributed by atoms with van der Waals surface area (Å²) < 4.78 is 37.7. The van der Waals surface area contributed by atoms with Gasteiger partial charge in [0.05, 0.1) is 5.56 Å². The molecule has 1 aliphatic carbocycles. The van der Waals surface area contributed by atoms with Gasteiger partial charge in [0, 0.05) is 12.3 Å². The van der Waals surface area contributed by atoms with E-state index in [9.17, 15) is 18.0 Å². The van der Waals surface area contributed by atoms with Crippen molar-refractivity contribution in [3.05, 3.63) is 35.4 Å². The summed E-state index contributed by atoms with van der Waals surface area (Å²) in [5, 5.41) is 0. The highest BCUT2D eigenvalue weighted by Crippen LogP contribution is 2.33. The van der Waals surface area contributed by atoms with Gasteiger partial charge in [0.15, 0.2) is 0 Å². The van der Waals surface area contributed by atoms with Crippen LogP contribution in [0.2, 0.25) is 0 Å². The van der Waals surface area contributed by atoms with Crippen molar-refractivity contribution in [2.75, 3.05) is 0 Å². The number of ketones is 1. The van der Waals surface area contributed by atoms with Crippen molar-refractivity contribution < 1.29 is 18.0 Å². The van der Waals surface area contributed by atoms with Gasteiger partial charge in [-0.15, -0.1) is 0 Å². The zero-order valence-electron chi connectivity index (χ0n) is 10.8. The summed E-state index contributed by atoms with van der Waals surface area (Å²) in [7, 11) is 0. The van der Waals surface area contributed by atoms with Crippen molar-refractivity contribution >= 4 is 5.78 Å². The first-order valence-electron chi connectivity index (χ1n) is 6.55. The normalized spacial score (nSPS) is 23.6. The van der Waals surface area contributed by atoms with Crippen LogP contribution in [0.1, 0.15) is 37.3 Å². The molecule has 2 unspecified atom stereocenters. The molecule has 0 radical (unpaired) electrons. The number of halogens is 3. The molecular weight excluding hydrogens is 253 g/mol. The van der Waals surface area contributed by atoms with Gasteiger partial charge in [0.2, 0.25) is 0 Å². The van der Waals surface area contributed by atoms with E-state index in [1.807, 2.05) is 0 Å². The highest BCUT2D eigenvalue weighted by molar-refractivity contribution is 5.83. The van der Waals surface area contributed by atoms with Crippen LogP contribution in [0.15, 0.2) is 24.3 Å². The third-order valence-electron chi connectivity index (χ3n) is 3.78. The summed E-state index contributed by atoms with van der Waals surface area (Å²) in [4.78, 5) is 12.0. The van der Waals surface area contributed by atoms with Crippen LogP contribution in [-0.4, -0.2) is 5.78 Å². The third-order valence-corrected chi connectivity index (χ3v) is 3.78. The van der Waals surface area contributed by atoms with Gasteiger partial charge in [-0.25, -0.2) is 0 Å². The Morgan fingerprint density at radius 2 is 2.05 bits per heavy atom. The molecular formula is C15H17F3O. The number of benzene rings is 1. The highest BCUT2D eigenvalue weighted by Gasteiger charge is 2.31. The first-order valence-corrected chi connectivity index (χ1v) is 6.55. The van der Waals surface area contributed by atoms with E-state index < -0.39 is 11.7 Å².